The van der Waals surface area contributed by atoms with Gasteiger partial charge in [0.25, 0.3) is 5.91 Å². The highest BCUT2D eigenvalue weighted by molar-refractivity contribution is 6.00. The lowest BCUT2D eigenvalue weighted by atomic mass is 9.96. The van der Waals surface area contributed by atoms with Crippen molar-refractivity contribution < 1.29 is 24.2 Å². The summed E-state index contributed by atoms with van der Waals surface area (Å²) in [7, 11) is 1.56. The van der Waals surface area contributed by atoms with Crippen LogP contribution in [0.5, 0.6) is 5.75 Å². The largest absolute Gasteiger partial charge is 0.508 e. The van der Waals surface area contributed by atoms with Crippen LogP contribution < -0.4 is 10.6 Å². The Bertz CT molecular complexity index is 1630. The maximum absolute atomic E-state index is 14.2. The number of rotatable bonds is 8. The predicted octanol–water partition coefficient (Wildman–Crippen LogP) is 6.44. The summed E-state index contributed by atoms with van der Waals surface area (Å²) in [6, 6.07) is 23.7. The van der Waals surface area contributed by atoms with Crippen LogP contribution in [0.3, 0.4) is 0 Å². The Balaban J connectivity index is 1.69. The van der Waals surface area contributed by atoms with Crippen molar-refractivity contribution in [1.82, 2.24) is 10.2 Å². The number of phenols is 1. The van der Waals surface area contributed by atoms with E-state index in [9.17, 15) is 19.5 Å². The van der Waals surface area contributed by atoms with Gasteiger partial charge in [-0.05, 0) is 86.3 Å². The number of ether oxygens (including phenoxy) is 1. The summed E-state index contributed by atoms with van der Waals surface area (Å²) >= 11 is 0. The maximum Gasteiger partial charge on any atom is 0.408 e. The number of likely N-dealkylation sites (N-methyl/N-ethyl adjacent to an activating group) is 1. The molecule has 0 aromatic heterocycles. The zero-order valence-electron chi connectivity index (χ0n) is 25.5. The molecule has 224 valence electrons. The van der Waals surface area contributed by atoms with E-state index in [1.54, 1.807) is 40.0 Å². The van der Waals surface area contributed by atoms with Crippen molar-refractivity contribution in [2.24, 2.45) is 0 Å². The van der Waals surface area contributed by atoms with Crippen LogP contribution in [-0.2, 0) is 20.7 Å². The topological polar surface area (TPSA) is 108 Å². The monoisotopic (exact) mass is 581 g/mol. The van der Waals surface area contributed by atoms with Crippen molar-refractivity contribution in [3.8, 4) is 5.75 Å². The third-order valence-electron chi connectivity index (χ3n) is 7.09. The van der Waals surface area contributed by atoms with E-state index in [4.69, 9.17) is 4.74 Å². The first-order valence-electron chi connectivity index (χ1n) is 14.2. The maximum atomic E-state index is 14.2. The molecule has 0 bridgehead atoms. The minimum atomic E-state index is -1.05. The van der Waals surface area contributed by atoms with E-state index in [2.05, 4.69) is 10.6 Å². The number of aromatic hydroxyl groups is 1. The molecule has 4 aromatic rings. The molecule has 0 aliphatic carbocycles. The van der Waals surface area contributed by atoms with Crippen LogP contribution in [0.15, 0.2) is 84.9 Å². The van der Waals surface area contributed by atoms with Gasteiger partial charge in [-0.1, -0.05) is 66.2 Å². The van der Waals surface area contributed by atoms with E-state index >= 15 is 0 Å². The zero-order chi connectivity index (χ0) is 31.3. The molecule has 2 unspecified atom stereocenters. The third kappa shape index (κ3) is 8.13. The Labute approximate surface area is 252 Å². The van der Waals surface area contributed by atoms with Crippen molar-refractivity contribution in [2.75, 3.05) is 12.4 Å². The first-order valence-corrected chi connectivity index (χ1v) is 14.2. The van der Waals surface area contributed by atoms with Gasteiger partial charge in [0.1, 0.15) is 23.4 Å². The Morgan fingerprint density at radius 1 is 0.884 bits per heavy atom. The number of alkyl carbamates (subject to hydrolysis) is 1. The Hall–Kier alpha value is -4.85. The van der Waals surface area contributed by atoms with E-state index in [1.165, 1.54) is 17.0 Å². The van der Waals surface area contributed by atoms with Gasteiger partial charge in [-0.15, -0.1) is 0 Å². The van der Waals surface area contributed by atoms with E-state index in [-0.39, 0.29) is 18.1 Å². The van der Waals surface area contributed by atoms with E-state index < -0.39 is 29.7 Å². The number of carbonyl (C=O) groups excluding carboxylic acids is 3. The Morgan fingerprint density at radius 3 is 2.23 bits per heavy atom. The average Bonchev–Trinajstić information content (AvgIpc) is 2.94. The number of anilines is 1. The third-order valence-corrected chi connectivity index (χ3v) is 7.09. The number of benzene rings is 4. The van der Waals surface area contributed by atoms with Gasteiger partial charge in [0.15, 0.2) is 0 Å². The summed E-state index contributed by atoms with van der Waals surface area (Å²) < 4.78 is 5.46. The highest BCUT2D eigenvalue weighted by atomic mass is 16.6. The number of hydrogen-bond acceptors (Lipinski definition) is 5. The lowest BCUT2D eigenvalue weighted by Gasteiger charge is -2.32. The molecule has 0 spiro atoms. The van der Waals surface area contributed by atoms with Gasteiger partial charge in [0.2, 0.25) is 5.91 Å². The molecule has 0 aliphatic heterocycles. The summed E-state index contributed by atoms with van der Waals surface area (Å²) in [5, 5.41) is 17.5. The van der Waals surface area contributed by atoms with Crippen LogP contribution in [-0.4, -0.2) is 46.6 Å². The molecular formula is C35H39N3O5. The number of hydrogen-bond donors (Lipinski definition) is 3. The summed E-state index contributed by atoms with van der Waals surface area (Å²) in [5.41, 5.74) is 3.01. The number of phenolic OH excluding ortho intramolecular Hbond substituents is 1. The summed E-state index contributed by atoms with van der Waals surface area (Å²) in [4.78, 5) is 42.4. The van der Waals surface area contributed by atoms with Crippen molar-refractivity contribution in [2.45, 2.75) is 58.7 Å². The van der Waals surface area contributed by atoms with E-state index in [0.29, 0.717) is 16.8 Å². The standard InChI is InChI=1S/C35H39N3O5/c1-22-11-12-23(2)29(19-22)31(32(40)36-27-16-15-25-9-7-8-10-26(25)21-27)38(6)33(41)30(37-34(42)43-35(3,4)5)20-24-13-17-28(39)18-14-24/h7-19,21,30-31,39H,20H2,1-6H3,(H,36,40)(H,37,42). The molecule has 8 heteroatoms. The normalized spacial score (nSPS) is 12.7. The molecule has 0 fully saturated rings. The smallest absolute Gasteiger partial charge is 0.408 e. The van der Waals surface area contributed by atoms with Crippen LogP contribution in [0.1, 0.15) is 49.1 Å². The first-order chi connectivity index (χ1) is 20.3. The van der Waals surface area contributed by atoms with Gasteiger partial charge in [-0.3, -0.25) is 9.59 Å². The minimum absolute atomic E-state index is 0.0872. The molecule has 4 rings (SSSR count). The molecule has 43 heavy (non-hydrogen) atoms. The zero-order valence-corrected chi connectivity index (χ0v) is 25.5. The number of aryl methyl sites for hydroxylation is 2. The molecule has 0 heterocycles. The molecule has 0 saturated heterocycles. The molecular weight excluding hydrogens is 542 g/mol. The van der Waals surface area contributed by atoms with Gasteiger partial charge in [-0.25, -0.2) is 4.79 Å². The van der Waals surface area contributed by atoms with Crippen molar-refractivity contribution >= 4 is 34.4 Å². The van der Waals surface area contributed by atoms with Crippen LogP contribution in [0.25, 0.3) is 10.8 Å². The van der Waals surface area contributed by atoms with Gasteiger partial charge < -0.3 is 25.4 Å². The Morgan fingerprint density at radius 2 is 1.56 bits per heavy atom. The van der Waals surface area contributed by atoms with Gasteiger partial charge >= 0.3 is 6.09 Å². The average molecular weight is 582 g/mol. The number of fused-ring (bicyclic) bond motifs is 1. The number of nitrogens with one attached hydrogen (secondary N) is 2. The van der Waals surface area contributed by atoms with Gasteiger partial charge in [-0.2, -0.15) is 0 Å². The number of carbonyl (C=O) groups is 3. The second kappa shape index (κ2) is 13.0. The lowest BCUT2D eigenvalue weighted by Crippen LogP contribution is -2.52. The molecule has 3 N–H and O–H groups in total. The van der Waals surface area contributed by atoms with Crippen LogP contribution in [0, 0.1) is 13.8 Å². The second-order valence-corrected chi connectivity index (χ2v) is 11.8. The predicted molar refractivity (Wildman–Crippen MR) is 169 cm³/mol. The van der Waals surface area contributed by atoms with Crippen molar-refractivity contribution in [3.05, 3.63) is 107 Å². The molecule has 2 atom stereocenters. The number of amides is 3. The first kappa shape index (κ1) is 31.1. The highest BCUT2D eigenvalue weighted by Gasteiger charge is 2.35. The highest BCUT2D eigenvalue weighted by Crippen LogP contribution is 2.28. The van der Waals surface area contributed by atoms with Crippen LogP contribution in [0.4, 0.5) is 10.5 Å². The molecule has 8 nitrogen and oxygen atoms in total. The van der Waals surface area contributed by atoms with Crippen LogP contribution in [0.2, 0.25) is 0 Å². The minimum Gasteiger partial charge on any atom is -0.508 e. The summed E-state index contributed by atoms with van der Waals surface area (Å²) in [6.45, 7) is 9.05. The quantitative estimate of drug-likeness (QED) is 0.222. The fraction of sp³-hybridized carbons (Fsp3) is 0.286. The second-order valence-electron chi connectivity index (χ2n) is 11.8. The lowest BCUT2D eigenvalue weighted by molar-refractivity contribution is -0.139. The fourth-order valence-corrected chi connectivity index (χ4v) is 4.95. The summed E-state index contributed by atoms with van der Waals surface area (Å²) in [6.07, 6.45) is -0.629. The molecule has 0 saturated carbocycles. The van der Waals surface area contributed by atoms with E-state index in [0.717, 1.165) is 21.9 Å². The Kier molecular flexibility index (Phi) is 9.39. The fourth-order valence-electron chi connectivity index (χ4n) is 4.95. The van der Waals surface area contributed by atoms with Crippen molar-refractivity contribution in [3.63, 3.8) is 0 Å². The van der Waals surface area contributed by atoms with E-state index in [1.807, 2.05) is 74.5 Å². The summed E-state index contributed by atoms with van der Waals surface area (Å²) in [5.74, 6) is -0.775. The molecule has 3 amide bonds. The van der Waals surface area contributed by atoms with Crippen molar-refractivity contribution in [1.29, 1.82) is 0 Å². The number of nitrogens with zero attached hydrogens (tertiary/aromatic N) is 1. The van der Waals surface area contributed by atoms with Gasteiger partial charge in [0, 0.05) is 19.2 Å². The molecule has 0 aliphatic rings. The van der Waals surface area contributed by atoms with Crippen LogP contribution >= 0.6 is 0 Å². The van der Waals surface area contributed by atoms with Gasteiger partial charge in [0.05, 0.1) is 0 Å². The SMILES string of the molecule is Cc1ccc(C)c(C(C(=O)Nc2ccc3ccccc3c2)N(C)C(=O)C(Cc2ccc(O)cc2)NC(=O)OC(C)(C)C)c1. The molecule has 0 radical (unpaired) electrons. The molecule has 4 aromatic carbocycles.